The van der Waals surface area contributed by atoms with Gasteiger partial charge in [-0.3, -0.25) is 4.79 Å². The van der Waals surface area contributed by atoms with E-state index in [-0.39, 0.29) is 22.6 Å². The van der Waals surface area contributed by atoms with Crippen LogP contribution < -0.4 is 10.3 Å². The second-order valence-electron chi connectivity index (χ2n) is 9.42. The van der Waals surface area contributed by atoms with Crippen LogP contribution in [0.25, 0.3) is 22.5 Å². The van der Waals surface area contributed by atoms with Crippen LogP contribution in [0.15, 0.2) is 47.5 Å². The first-order valence-electron chi connectivity index (χ1n) is 11.8. The van der Waals surface area contributed by atoms with Crippen LogP contribution >= 0.6 is 0 Å². The Morgan fingerprint density at radius 1 is 1.18 bits per heavy atom. The van der Waals surface area contributed by atoms with Gasteiger partial charge < -0.3 is 14.4 Å². The van der Waals surface area contributed by atoms with Gasteiger partial charge in [0.15, 0.2) is 0 Å². The van der Waals surface area contributed by atoms with E-state index in [2.05, 4.69) is 22.1 Å². The van der Waals surface area contributed by atoms with E-state index in [1.807, 2.05) is 6.92 Å². The van der Waals surface area contributed by atoms with Gasteiger partial charge in [0.25, 0.3) is 5.56 Å². The molecule has 0 radical (unpaired) electrons. The number of benzene rings is 1. The lowest BCUT2D eigenvalue weighted by atomic mass is 9.76. The first-order chi connectivity index (χ1) is 16.3. The van der Waals surface area contributed by atoms with Gasteiger partial charge in [-0.1, -0.05) is 32.8 Å². The summed E-state index contributed by atoms with van der Waals surface area (Å²) >= 11 is 0. The number of phenols is 1. The minimum atomic E-state index is -1.06. The second kappa shape index (κ2) is 9.91. The summed E-state index contributed by atoms with van der Waals surface area (Å²) in [5.41, 5.74) is 1.47. The molecule has 7 nitrogen and oxygen atoms in total. The number of alkyl halides is 1. The summed E-state index contributed by atoms with van der Waals surface area (Å²) in [7, 11) is 1.62. The fourth-order valence-electron chi connectivity index (χ4n) is 4.77. The van der Waals surface area contributed by atoms with Crippen molar-refractivity contribution in [3.63, 3.8) is 0 Å². The number of halogens is 1. The quantitative estimate of drug-likeness (QED) is 0.510. The van der Waals surface area contributed by atoms with Gasteiger partial charge in [-0.2, -0.15) is 0 Å². The number of rotatable bonds is 6. The fraction of sp³-hybridized carbons (Fsp3) is 0.462. The van der Waals surface area contributed by atoms with Crippen molar-refractivity contribution in [3.05, 3.63) is 53.1 Å². The molecule has 180 valence electrons. The van der Waals surface area contributed by atoms with Crippen LogP contribution in [0.5, 0.6) is 11.6 Å². The highest BCUT2D eigenvalue weighted by Crippen LogP contribution is 2.42. The van der Waals surface area contributed by atoms with Crippen molar-refractivity contribution in [1.29, 1.82) is 0 Å². The van der Waals surface area contributed by atoms with E-state index in [0.717, 1.165) is 32.1 Å². The molecular formula is C26H31FN4O3. The Morgan fingerprint density at radius 2 is 2.00 bits per heavy atom. The Balaban J connectivity index is 1.51. The van der Waals surface area contributed by atoms with Crippen LogP contribution in [-0.4, -0.2) is 37.1 Å². The van der Waals surface area contributed by atoms with Crippen LogP contribution in [0, 0.1) is 5.41 Å². The molecule has 0 saturated heterocycles. The summed E-state index contributed by atoms with van der Waals surface area (Å²) in [5, 5.41) is 18.9. The highest BCUT2D eigenvalue weighted by molar-refractivity contribution is 5.72. The van der Waals surface area contributed by atoms with Crippen LogP contribution in [0.1, 0.15) is 52.4 Å². The van der Waals surface area contributed by atoms with Gasteiger partial charge in [0.2, 0.25) is 5.88 Å². The molecule has 1 N–H and O–H groups in total. The van der Waals surface area contributed by atoms with Crippen molar-refractivity contribution in [2.75, 3.05) is 0 Å². The van der Waals surface area contributed by atoms with E-state index in [9.17, 15) is 9.90 Å². The molecule has 1 aromatic carbocycles. The molecule has 1 fully saturated rings. The molecule has 34 heavy (non-hydrogen) atoms. The average Bonchev–Trinajstić information content (AvgIpc) is 2.95. The Bertz CT molecular complexity index is 1200. The van der Waals surface area contributed by atoms with Crippen molar-refractivity contribution >= 4 is 0 Å². The standard InChI is InChI=1S/C26H31FN4O3/c1-4-12-26(2)13-6-5-7-22(25(26)27)34-23-11-10-19(29-30-23)18-9-8-17(14-21(18)32)20-15-24(33)31(3)16-28-20/h8-11,14-16,22,25,32H,4-7,12-13H2,1-3H3/t22-,25-,26+/m0/s1. The summed E-state index contributed by atoms with van der Waals surface area (Å²) in [5.74, 6) is 0.267. The third kappa shape index (κ3) is 4.95. The van der Waals surface area contributed by atoms with Crippen molar-refractivity contribution in [2.24, 2.45) is 12.5 Å². The Morgan fingerprint density at radius 3 is 2.68 bits per heavy atom. The van der Waals surface area contributed by atoms with E-state index in [4.69, 9.17) is 4.74 Å². The highest BCUT2D eigenvalue weighted by Gasteiger charge is 2.41. The lowest BCUT2D eigenvalue weighted by Crippen LogP contribution is -2.40. The number of hydrogen-bond acceptors (Lipinski definition) is 6. The minimum Gasteiger partial charge on any atom is -0.507 e. The van der Waals surface area contributed by atoms with Crippen LogP contribution in [0.2, 0.25) is 0 Å². The van der Waals surface area contributed by atoms with Crippen molar-refractivity contribution in [2.45, 2.75) is 64.6 Å². The largest absolute Gasteiger partial charge is 0.507 e. The van der Waals surface area contributed by atoms with E-state index < -0.39 is 12.3 Å². The number of nitrogens with zero attached hydrogens (tertiary/aromatic N) is 4. The molecule has 2 heterocycles. The maximum Gasteiger partial charge on any atom is 0.253 e. The van der Waals surface area contributed by atoms with Crippen LogP contribution in [0.4, 0.5) is 4.39 Å². The first-order valence-corrected chi connectivity index (χ1v) is 11.8. The molecule has 0 amide bonds. The molecule has 1 aliphatic carbocycles. The third-order valence-electron chi connectivity index (χ3n) is 6.76. The molecule has 3 aromatic rings. The molecule has 0 bridgehead atoms. The number of phenolic OH excluding ortho intramolecular Hbond substituents is 1. The predicted molar refractivity (Wildman–Crippen MR) is 128 cm³/mol. The maximum absolute atomic E-state index is 15.4. The zero-order valence-corrected chi connectivity index (χ0v) is 19.9. The zero-order valence-electron chi connectivity index (χ0n) is 19.9. The summed E-state index contributed by atoms with van der Waals surface area (Å²) in [4.78, 5) is 16.1. The normalized spacial score (nSPS) is 22.8. The summed E-state index contributed by atoms with van der Waals surface area (Å²) in [6.07, 6.45) is 5.07. The molecule has 8 heteroatoms. The molecule has 1 aliphatic rings. The lowest BCUT2D eigenvalue weighted by Gasteiger charge is -2.34. The minimum absolute atomic E-state index is 0.00846. The summed E-state index contributed by atoms with van der Waals surface area (Å²) in [6, 6.07) is 9.77. The van der Waals surface area contributed by atoms with Gasteiger partial charge in [0.05, 0.1) is 17.7 Å². The lowest BCUT2D eigenvalue weighted by molar-refractivity contribution is 0.00734. The zero-order chi connectivity index (χ0) is 24.3. The van der Waals surface area contributed by atoms with E-state index in [1.165, 1.54) is 23.0 Å². The topological polar surface area (TPSA) is 90.1 Å². The van der Waals surface area contributed by atoms with Gasteiger partial charge in [-0.25, -0.2) is 9.37 Å². The number of hydrogen-bond donors (Lipinski definition) is 1. The molecule has 2 aromatic heterocycles. The number of aromatic hydroxyl groups is 1. The fourth-order valence-corrected chi connectivity index (χ4v) is 4.77. The van der Waals surface area contributed by atoms with Crippen LogP contribution in [0.3, 0.4) is 0 Å². The van der Waals surface area contributed by atoms with Crippen molar-refractivity contribution in [3.8, 4) is 34.1 Å². The highest BCUT2D eigenvalue weighted by atomic mass is 19.1. The smallest absolute Gasteiger partial charge is 0.253 e. The molecule has 1 saturated carbocycles. The number of ether oxygens (including phenoxy) is 1. The van der Waals surface area contributed by atoms with E-state index >= 15 is 4.39 Å². The SMILES string of the molecule is CCC[C@]1(C)CCCC[C@H](Oc2ccc(-c3ccc(-c4cc(=O)n(C)cn4)cc3O)nn2)[C@@H]1F. The summed E-state index contributed by atoms with van der Waals surface area (Å²) in [6.45, 7) is 4.11. The molecule has 4 rings (SSSR count). The van der Waals surface area contributed by atoms with Gasteiger partial charge >= 0.3 is 0 Å². The molecule has 0 aliphatic heterocycles. The molecule has 0 spiro atoms. The molecule has 0 unspecified atom stereocenters. The number of aromatic nitrogens is 4. The van der Waals surface area contributed by atoms with Gasteiger partial charge in [-0.05, 0) is 43.9 Å². The predicted octanol–water partition coefficient (Wildman–Crippen LogP) is 5.08. The number of aryl methyl sites for hydroxylation is 1. The van der Waals surface area contributed by atoms with Gasteiger partial charge in [0.1, 0.15) is 18.0 Å². The monoisotopic (exact) mass is 466 g/mol. The Kier molecular flexibility index (Phi) is 6.95. The first kappa shape index (κ1) is 23.9. The second-order valence-corrected chi connectivity index (χ2v) is 9.42. The van der Waals surface area contributed by atoms with Crippen molar-refractivity contribution in [1.82, 2.24) is 19.7 Å². The molecule has 3 atom stereocenters. The average molecular weight is 467 g/mol. The Labute approximate surface area is 198 Å². The van der Waals surface area contributed by atoms with Crippen LogP contribution in [-0.2, 0) is 7.05 Å². The molecular weight excluding hydrogens is 435 g/mol. The Hall–Kier alpha value is -3.29. The third-order valence-corrected chi connectivity index (χ3v) is 6.76. The van der Waals surface area contributed by atoms with Gasteiger partial charge in [0, 0.05) is 35.7 Å². The maximum atomic E-state index is 15.4. The van der Waals surface area contributed by atoms with E-state index in [1.54, 1.807) is 31.3 Å². The van der Waals surface area contributed by atoms with E-state index in [0.29, 0.717) is 28.9 Å². The van der Waals surface area contributed by atoms with Gasteiger partial charge in [-0.15, -0.1) is 10.2 Å². The van der Waals surface area contributed by atoms with Crippen molar-refractivity contribution < 1.29 is 14.2 Å². The summed E-state index contributed by atoms with van der Waals surface area (Å²) < 4.78 is 22.8.